The van der Waals surface area contributed by atoms with Gasteiger partial charge in [-0.05, 0) is 12.1 Å². The predicted octanol–water partition coefficient (Wildman–Crippen LogP) is 0.334. The van der Waals surface area contributed by atoms with E-state index in [9.17, 15) is 4.79 Å². The molecular weight excluding hydrogens is 218 g/mol. The topological polar surface area (TPSA) is 65.1 Å². The zero-order valence-electron chi connectivity index (χ0n) is 8.89. The summed E-state index contributed by atoms with van der Waals surface area (Å²) in [5, 5.41) is 3.98. The van der Waals surface area contributed by atoms with Crippen LogP contribution in [0.1, 0.15) is 5.69 Å². The maximum atomic E-state index is 11.8. The summed E-state index contributed by atoms with van der Waals surface area (Å²) in [4.78, 5) is 20.0. The molecule has 0 radical (unpaired) electrons. The molecule has 6 heteroatoms. The van der Waals surface area contributed by atoms with Gasteiger partial charge in [0.05, 0.1) is 12.2 Å². The van der Waals surface area contributed by atoms with Gasteiger partial charge in [0.15, 0.2) is 0 Å². The van der Waals surface area contributed by atoms with Crippen molar-refractivity contribution in [2.45, 2.75) is 6.54 Å². The highest BCUT2D eigenvalue weighted by atomic mass is 16.1. The molecule has 3 heterocycles. The fourth-order valence-corrected chi connectivity index (χ4v) is 1.66. The van der Waals surface area contributed by atoms with Crippen molar-refractivity contribution >= 4 is 5.65 Å². The highest BCUT2D eigenvalue weighted by molar-refractivity contribution is 5.37. The third-order valence-corrected chi connectivity index (χ3v) is 2.41. The summed E-state index contributed by atoms with van der Waals surface area (Å²) in [6.07, 6.45) is 4.74. The molecular formula is C11H9N5O. The van der Waals surface area contributed by atoms with Crippen molar-refractivity contribution < 1.29 is 0 Å². The molecule has 0 spiro atoms. The van der Waals surface area contributed by atoms with Crippen LogP contribution in [0.25, 0.3) is 5.65 Å². The number of aromatic nitrogens is 5. The Labute approximate surface area is 96.2 Å². The van der Waals surface area contributed by atoms with E-state index in [2.05, 4.69) is 15.1 Å². The van der Waals surface area contributed by atoms with E-state index < -0.39 is 0 Å². The van der Waals surface area contributed by atoms with Crippen molar-refractivity contribution in [3.05, 3.63) is 59.2 Å². The van der Waals surface area contributed by atoms with Gasteiger partial charge in [-0.15, -0.1) is 0 Å². The number of pyridine rings is 1. The predicted molar refractivity (Wildman–Crippen MR) is 60.6 cm³/mol. The molecule has 3 aromatic heterocycles. The van der Waals surface area contributed by atoms with E-state index in [1.807, 2.05) is 6.07 Å². The molecule has 0 amide bonds. The number of fused-ring (bicyclic) bond motifs is 1. The number of rotatable bonds is 2. The zero-order valence-corrected chi connectivity index (χ0v) is 8.89. The SMILES string of the molecule is O=c1cc(Cn2cncn2)nc2ccccn12. The molecule has 0 aliphatic carbocycles. The molecule has 0 aliphatic rings. The first-order chi connectivity index (χ1) is 8.33. The lowest BCUT2D eigenvalue weighted by atomic mass is 10.3. The average Bonchev–Trinajstić information content (AvgIpc) is 2.82. The fraction of sp³-hybridized carbons (Fsp3) is 0.0909. The first kappa shape index (κ1) is 9.71. The summed E-state index contributed by atoms with van der Waals surface area (Å²) in [6.45, 7) is 0.445. The second-order valence-electron chi connectivity index (χ2n) is 3.61. The summed E-state index contributed by atoms with van der Waals surface area (Å²) in [6, 6.07) is 6.95. The van der Waals surface area contributed by atoms with E-state index in [4.69, 9.17) is 0 Å². The van der Waals surface area contributed by atoms with Crippen LogP contribution in [0.5, 0.6) is 0 Å². The molecule has 0 atom stereocenters. The Kier molecular flexibility index (Phi) is 2.18. The Morgan fingerprint density at radius 2 is 2.24 bits per heavy atom. The lowest BCUT2D eigenvalue weighted by Gasteiger charge is -2.03. The lowest BCUT2D eigenvalue weighted by Crippen LogP contribution is -2.16. The molecule has 3 aromatic rings. The van der Waals surface area contributed by atoms with Gasteiger partial charge in [0.2, 0.25) is 0 Å². The van der Waals surface area contributed by atoms with E-state index in [0.717, 1.165) is 0 Å². The zero-order chi connectivity index (χ0) is 11.7. The minimum Gasteiger partial charge on any atom is -0.269 e. The van der Waals surface area contributed by atoms with Gasteiger partial charge in [0.25, 0.3) is 5.56 Å². The van der Waals surface area contributed by atoms with Crippen molar-refractivity contribution in [3.8, 4) is 0 Å². The summed E-state index contributed by atoms with van der Waals surface area (Å²) in [7, 11) is 0. The second kappa shape index (κ2) is 3.82. The molecule has 0 unspecified atom stereocenters. The van der Waals surface area contributed by atoms with Crippen LogP contribution in [0.4, 0.5) is 0 Å². The molecule has 6 nitrogen and oxygen atoms in total. The molecule has 84 valence electrons. The van der Waals surface area contributed by atoms with Crippen molar-refractivity contribution in [2.24, 2.45) is 0 Å². The Bertz CT molecular complexity index is 701. The minimum atomic E-state index is -0.0919. The maximum Gasteiger partial charge on any atom is 0.258 e. The van der Waals surface area contributed by atoms with E-state index in [1.165, 1.54) is 16.8 Å². The van der Waals surface area contributed by atoms with Gasteiger partial charge >= 0.3 is 0 Å². The van der Waals surface area contributed by atoms with Crippen LogP contribution < -0.4 is 5.56 Å². The normalized spacial score (nSPS) is 10.8. The molecule has 17 heavy (non-hydrogen) atoms. The second-order valence-corrected chi connectivity index (χ2v) is 3.61. The molecule has 0 saturated heterocycles. The van der Waals surface area contributed by atoms with Gasteiger partial charge < -0.3 is 0 Å². The maximum absolute atomic E-state index is 11.8. The standard InChI is InChI=1S/C11H9N5O/c17-11-5-9(6-15-8-12-7-13-15)14-10-3-1-2-4-16(10)11/h1-5,7-8H,6H2. The quantitative estimate of drug-likeness (QED) is 0.633. The molecule has 0 aliphatic heterocycles. The third-order valence-electron chi connectivity index (χ3n) is 2.41. The van der Waals surface area contributed by atoms with E-state index >= 15 is 0 Å². The van der Waals surface area contributed by atoms with E-state index in [0.29, 0.717) is 17.9 Å². The van der Waals surface area contributed by atoms with Gasteiger partial charge in [-0.1, -0.05) is 6.07 Å². The first-order valence-corrected chi connectivity index (χ1v) is 5.13. The fourth-order valence-electron chi connectivity index (χ4n) is 1.66. The van der Waals surface area contributed by atoms with Crippen LogP contribution in [0, 0.1) is 0 Å². The lowest BCUT2D eigenvalue weighted by molar-refractivity contribution is 0.669. The highest BCUT2D eigenvalue weighted by Crippen LogP contribution is 1.99. The van der Waals surface area contributed by atoms with Gasteiger partial charge in [-0.25, -0.2) is 14.6 Å². The molecule has 0 N–H and O–H groups in total. The van der Waals surface area contributed by atoms with Crippen molar-refractivity contribution in [1.82, 2.24) is 24.1 Å². The van der Waals surface area contributed by atoms with Crippen LogP contribution in [-0.4, -0.2) is 24.1 Å². The first-order valence-electron chi connectivity index (χ1n) is 5.13. The van der Waals surface area contributed by atoms with E-state index in [1.54, 1.807) is 29.3 Å². The molecule has 0 aromatic carbocycles. The Morgan fingerprint density at radius 3 is 3.06 bits per heavy atom. The molecule has 3 rings (SSSR count). The van der Waals surface area contributed by atoms with Crippen molar-refractivity contribution in [2.75, 3.05) is 0 Å². The Hall–Kier alpha value is -2.50. The van der Waals surface area contributed by atoms with Crippen LogP contribution in [0.3, 0.4) is 0 Å². The number of hydrogen-bond donors (Lipinski definition) is 0. The summed E-state index contributed by atoms with van der Waals surface area (Å²) >= 11 is 0. The molecule has 0 bridgehead atoms. The smallest absolute Gasteiger partial charge is 0.258 e. The summed E-state index contributed by atoms with van der Waals surface area (Å²) < 4.78 is 3.13. The van der Waals surface area contributed by atoms with Crippen molar-refractivity contribution in [1.29, 1.82) is 0 Å². The van der Waals surface area contributed by atoms with Crippen LogP contribution >= 0.6 is 0 Å². The highest BCUT2D eigenvalue weighted by Gasteiger charge is 2.02. The van der Waals surface area contributed by atoms with Gasteiger partial charge in [-0.3, -0.25) is 9.20 Å². The minimum absolute atomic E-state index is 0.0919. The van der Waals surface area contributed by atoms with Crippen LogP contribution in [-0.2, 0) is 6.54 Å². The summed E-state index contributed by atoms with van der Waals surface area (Å²) in [5.41, 5.74) is 1.22. The average molecular weight is 227 g/mol. The largest absolute Gasteiger partial charge is 0.269 e. The van der Waals surface area contributed by atoms with Crippen LogP contribution in [0.2, 0.25) is 0 Å². The number of hydrogen-bond acceptors (Lipinski definition) is 4. The van der Waals surface area contributed by atoms with Gasteiger partial charge in [0, 0.05) is 12.3 Å². The monoisotopic (exact) mass is 227 g/mol. The Balaban J connectivity index is 2.10. The van der Waals surface area contributed by atoms with E-state index in [-0.39, 0.29) is 5.56 Å². The summed E-state index contributed by atoms with van der Waals surface area (Å²) in [5.74, 6) is 0. The van der Waals surface area contributed by atoms with Gasteiger partial charge in [-0.2, -0.15) is 5.10 Å². The van der Waals surface area contributed by atoms with Crippen LogP contribution in [0.15, 0.2) is 47.9 Å². The Morgan fingerprint density at radius 1 is 1.29 bits per heavy atom. The third kappa shape index (κ3) is 1.80. The number of nitrogens with zero attached hydrogens (tertiary/aromatic N) is 5. The molecule has 0 fully saturated rings. The van der Waals surface area contributed by atoms with Gasteiger partial charge in [0.1, 0.15) is 18.3 Å². The van der Waals surface area contributed by atoms with Crippen molar-refractivity contribution in [3.63, 3.8) is 0 Å². The molecule has 0 saturated carbocycles.